The van der Waals surface area contributed by atoms with Gasteiger partial charge in [0, 0.05) is 0 Å². The zero-order chi connectivity index (χ0) is 23.0. The second kappa shape index (κ2) is 15.3. The van der Waals surface area contributed by atoms with Crippen LogP contribution in [0.5, 0.6) is 5.75 Å². The van der Waals surface area contributed by atoms with E-state index >= 15 is 0 Å². The number of unbranched alkanes of at least 4 members (excludes halogenated alkanes) is 2. The monoisotopic (exact) mass is 443 g/mol. The maximum Gasteiger partial charge on any atom is 0.119 e. The lowest BCUT2D eigenvalue weighted by Crippen LogP contribution is -2.26. The van der Waals surface area contributed by atoms with Gasteiger partial charge in [0.1, 0.15) is 5.75 Å². The van der Waals surface area contributed by atoms with E-state index in [-0.39, 0.29) is 0 Å². The SMILES string of the molecule is CCN(CCCc1ccccc1)CCCc1ccc(OCCCCCc2ccccc2)cc1. The van der Waals surface area contributed by atoms with Gasteiger partial charge in [-0.05, 0) is 99.8 Å². The van der Waals surface area contributed by atoms with Gasteiger partial charge in [-0.2, -0.15) is 0 Å². The molecule has 0 N–H and O–H groups in total. The van der Waals surface area contributed by atoms with Crippen LogP contribution in [0.25, 0.3) is 0 Å². The van der Waals surface area contributed by atoms with E-state index < -0.39 is 0 Å². The number of ether oxygens (including phenoxy) is 1. The Balaban J connectivity index is 1.24. The molecule has 0 aliphatic carbocycles. The normalized spacial score (nSPS) is 11.1. The molecule has 176 valence electrons. The Hall–Kier alpha value is -2.58. The molecule has 0 atom stereocenters. The minimum atomic E-state index is 0.808. The number of hydrogen-bond donors (Lipinski definition) is 0. The molecule has 33 heavy (non-hydrogen) atoms. The van der Waals surface area contributed by atoms with Gasteiger partial charge >= 0.3 is 0 Å². The first-order valence-electron chi connectivity index (χ1n) is 12.9. The van der Waals surface area contributed by atoms with Gasteiger partial charge in [0.2, 0.25) is 0 Å². The summed E-state index contributed by atoms with van der Waals surface area (Å²) in [6.45, 7) is 6.57. The van der Waals surface area contributed by atoms with Crippen molar-refractivity contribution in [1.82, 2.24) is 4.90 Å². The molecule has 0 bridgehead atoms. The number of nitrogens with zero attached hydrogens (tertiary/aromatic N) is 1. The van der Waals surface area contributed by atoms with Crippen LogP contribution in [-0.4, -0.2) is 31.1 Å². The topological polar surface area (TPSA) is 12.5 Å². The standard InChI is InChI=1S/C31H41NO/c1-2-32(25-12-19-29-16-8-4-9-17-29)26-13-20-30-21-23-31(24-22-30)33-27-11-5-10-18-28-14-6-3-7-15-28/h3-4,6-9,14-17,21-24H,2,5,10-13,18-20,25-27H2,1H3. The Labute approximate surface area is 201 Å². The highest BCUT2D eigenvalue weighted by molar-refractivity contribution is 5.27. The molecule has 0 saturated heterocycles. The van der Waals surface area contributed by atoms with Crippen LogP contribution in [0.4, 0.5) is 0 Å². The van der Waals surface area contributed by atoms with Crippen LogP contribution in [0.3, 0.4) is 0 Å². The van der Waals surface area contributed by atoms with Gasteiger partial charge in [-0.3, -0.25) is 0 Å². The zero-order valence-electron chi connectivity index (χ0n) is 20.4. The highest BCUT2D eigenvalue weighted by Crippen LogP contribution is 2.15. The van der Waals surface area contributed by atoms with Crippen molar-refractivity contribution in [1.29, 1.82) is 0 Å². The van der Waals surface area contributed by atoms with Crippen molar-refractivity contribution in [3.05, 3.63) is 102 Å². The molecular formula is C31H41NO. The van der Waals surface area contributed by atoms with E-state index in [1.165, 1.54) is 61.9 Å². The van der Waals surface area contributed by atoms with Crippen molar-refractivity contribution >= 4 is 0 Å². The molecule has 0 saturated carbocycles. The summed E-state index contributed by atoms with van der Waals surface area (Å²) in [7, 11) is 0. The highest BCUT2D eigenvalue weighted by Gasteiger charge is 2.04. The van der Waals surface area contributed by atoms with E-state index in [1.54, 1.807) is 0 Å². The quantitative estimate of drug-likeness (QED) is 0.214. The molecule has 0 radical (unpaired) electrons. The molecule has 0 aliphatic heterocycles. The van der Waals surface area contributed by atoms with Crippen LogP contribution in [0.2, 0.25) is 0 Å². The lowest BCUT2D eigenvalue weighted by molar-refractivity contribution is 0.281. The average molecular weight is 444 g/mol. The number of rotatable bonds is 16. The molecule has 0 aromatic heterocycles. The fourth-order valence-electron chi connectivity index (χ4n) is 4.28. The Morgan fingerprint density at radius 3 is 1.61 bits per heavy atom. The van der Waals surface area contributed by atoms with Gasteiger partial charge in [0.25, 0.3) is 0 Å². The lowest BCUT2D eigenvalue weighted by Gasteiger charge is -2.20. The van der Waals surface area contributed by atoms with Crippen molar-refractivity contribution < 1.29 is 4.74 Å². The third kappa shape index (κ3) is 10.3. The zero-order valence-corrected chi connectivity index (χ0v) is 20.4. The maximum absolute atomic E-state index is 5.95. The van der Waals surface area contributed by atoms with Crippen LogP contribution < -0.4 is 4.74 Å². The molecule has 3 aromatic carbocycles. The Kier molecular flexibility index (Phi) is 11.6. The second-order valence-electron chi connectivity index (χ2n) is 8.92. The predicted octanol–water partition coefficient (Wildman–Crippen LogP) is 7.37. The van der Waals surface area contributed by atoms with Gasteiger partial charge in [0.15, 0.2) is 0 Å². The fraction of sp³-hybridized carbons (Fsp3) is 0.419. The third-order valence-electron chi connectivity index (χ3n) is 6.31. The van der Waals surface area contributed by atoms with Gasteiger partial charge in [-0.15, -0.1) is 0 Å². The van der Waals surface area contributed by atoms with Crippen LogP contribution in [0.15, 0.2) is 84.9 Å². The van der Waals surface area contributed by atoms with Gasteiger partial charge in [-0.1, -0.05) is 79.7 Å². The number of benzene rings is 3. The summed E-state index contributed by atoms with van der Waals surface area (Å²) < 4.78 is 5.95. The first kappa shape index (κ1) is 25.1. The third-order valence-corrected chi connectivity index (χ3v) is 6.31. The summed E-state index contributed by atoms with van der Waals surface area (Å²) in [5.74, 6) is 0.998. The smallest absolute Gasteiger partial charge is 0.119 e. The van der Waals surface area contributed by atoms with Crippen LogP contribution in [0, 0.1) is 0 Å². The van der Waals surface area contributed by atoms with Gasteiger partial charge < -0.3 is 9.64 Å². The van der Waals surface area contributed by atoms with Crippen molar-refractivity contribution in [2.75, 3.05) is 26.2 Å². The van der Waals surface area contributed by atoms with Crippen LogP contribution in [-0.2, 0) is 19.3 Å². The maximum atomic E-state index is 5.95. The van der Waals surface area contributed by atoms with Crippen molar-refractivity contribution in [3.8, 4) is 5.75 Å². The largest absolute Gasteiger partial charge is 0.494 e. The molecule has 0 amide bonds. The highest BCUT2D eigenvalue weighted by atomic mass is 16.5. The number of aryl methyl sites for hydroxylation is 3. The van der Waals surface area contributed by atoms with Gasteiger partial charge in [-0.25, -0.2) is 0 Å². The van der Waals surface area contributed by atoms with E-state index in [9.17, 15) is 0 Å². The molecule has 0 unspecified atom stereocenters. The van der Waals surface area contributed by atoms with Crippen molar-refractivity contribution in [3.63, 3.8) is 0 Å². The summed E-state index contributed by atoms with van der Waals surface area (Å²) in [5.41, 5.74) is 4.29. The summed E-state index contributed by atoms with van der Waals surface area (Å²) in [6.07, 6.45) is 9.47. The van der Waals surface area contributed by atoms with E-state index in [1.807, 2.05) is 0 Å². The average Bonchev–Trinajstić information content (AvgIpc) is 2.87. The molecule has 2 nitrogen and oxygen atoms in total. The summed E-state index contributed by atoms with van der Waals surface area (Å²) in [4.78, 5) is 2.58. The minimum absolute atomic E-state index is 0.808. The van der Waals surface area contributed by atoms with E-state index in [4.69, 9.17) is 4.74 Å². The first-order chi connectivity index (χ1) is 16.3. The van der Waals surface area contributed by atoms with Crippen molar-refractivity contribution in [2.24, 2.45) is 0 Å². The predicted molar refractivity (Wildman–Crippen MR) is 141 cm³/mol. The molecule has 0 fully saturated rings. The van der Waals surface area contributed by atoms with Gasteiger partial charge in [0.05, 0.1) is 6.61 Å². The second-order valence-corrected chi connectivity index (χ2v) is 8.92. The molecule has 3 aromatic rings. The van der Waals surface area contributed by atoms with Crippen LogP contribution in [0.1, 0.15) is 55.7 Å². The molecule has 0 aliphatic rings. The summed E-state index contributed by atoms with van der Waals surface area (Å²) in [6, 6.07) is 30.3. The molecule has 0 heterocycles. The Bertz CT molecular complexity index is 860. The molecule has 0 spiro atoms. The fourth-order valence-corrected chi connectivity index (χ4v) is 4.28. The minimum Gasteiger partial charge on any atom is -0.494 e. The van der Waals surface area contributed by atoms with Crippen LogP contribution >= 0.6 is 0 Å². The van der Waals surface area contributed by atoms with E-state index in [2.05, 4.69) is 96.8 Å². The Morgan fingerprint density at radius 1 is 0.545 bits per heavy atom. The number of hydrogen-bond acceptors (Lipinski definition) is 2. The molecule has 3 rings (SSSR count). The van der Waals surface area contributed by atoms with Crippen molar-refractivity contribution in [2.45, 2.75) is 58.3 Å². The van der Waals surface area contributed by atoms with E-state index in [0.717, 1.165) is 38.2 Å². The lowest BCUT2D eigenvalue weighted by atomic mass is 10.1. The molecule has 2 heteroatoms. The summed E-state index contributed by atoms with van der Waals surface area (Å²) in [5, 5.41) is 0. The molecular weight excluding hydrogens is 402 g/mol. The summed E-state index contributed by atoms with van der Waals surface area (Å²) >= 11 is 0. The first-order valence-corrected chi connectivity index (χ1v) is 12.9. The Morgan fingerprint density at radius 2 is 1.06 bits per heavy atom. The van der Waals surface area contributed by atoms with E-state index in [0.29, 0.717) is 0 Å².